The van der Waals surface area contributed by atoms with E-state index in [0.29, 0.717) is 12.8 Å². The summed E-state index contributed by atoms with van der Waals surface area (Å²) in [7, 11) is 0. The Balaban J connectivity index is 1.85. The molecular weight excluding hydrogens is 360 g/mol. The minimum absolute atomic E-state index is 0.0965. The predicted molar refractivity (Wildman–Crippen MR) is 91.6 cm³/mol. The van der Waals surface area contributed by atoms with Crippen LogP contribution in [-0.2, 0) is 23.8 Å². The number of aliphatic hydroxyl groups excluding tert-OH is 1. The second kappa shape index (κ2) is 9.83. The SMILES string of the molecule is C=COC(=O)CCCCC(=O)O[C@H]1C[C@H](n2ccc(=O)[nH]c2=O)O[C@@H]1CO. The summed E-state index contributed by atoms with van der Waals surface area (Å²) in [6.07, 6.45) is 1.39. The number of aromatic nitrogens is 2. The Bertz CT molecular complexity index is 784. The maximum Gasteiger partial charge on any atom is 0.330 e. The van der Waals surface area contributed by atoms with E-state index in [-0.39, 0.29) is 25.9 Å². The Morgan fingerprint density at radius 1 is 1.33 bits per heavy atom. The maximum absolute atomic E-state index is 12.0. The molecule has 1 aliphatic heterocycles. The summed E-state index contributed by atoms with van der Waals surface area (Å²) in [6, 6.07) is 1.18. The van der Waals surface area contributed by atoms with Crippen molar-refractivity contribution >= 4 is 11.9 Å². The first-order chi connectivity index (χ1) is 12.9. The highest BCUT2D eigenvalue weighted by molar-refractivity contribution is 5.71. The molecule has 1 aromatic rings. The van der Waals surface area contributed by atoms with Gasteiger partial charge in [0, 0.05) is 31.5 Å². The fraction of sp³-hybridized carbons (Fsp3) is 0.529. The molecule has 148 valence electrons. The smallest absolute Gasteiger partial charge is 0.330 e. The van der Waals surface area contributed by atoms with Crippen molar-refractivity contribution in [2.45, 2.75) is 50.5 Å². The molecule has 10 nitrogen and oxygen atoms in total. The van der Waals surface area contributed by atoms with Crippen LogP contribution in [0.4, 0.5) is 0 Å². The van der Waals surface area contributed by atoms with Crippen LogP contribution in [0.2, 0.25) is 0 Å². The van der Waals surface area contributed by atoms with Crippen LogP contribution in [0.25, 0.3) is 0 Å². The van der Waals surface area contributed by atoms with Gasteiger partial charge in [-0.2, -0.15) is 0 Å². The lowest BCUT2D eigenvalue weighted by molar-refractivity contribution is -0.153. The van der Waals surface area contributed by atoms with Gasteiger partial charge in [0.2, 0.25) is 0 Å². The normalized spacial score (nSPS) is 21.6. The van der Waals surface area contributed by atoms with Gasteiger partial charge in [0.25, 0.3) is 5.56 Å². The molecule has 2 rings (SSSR count). The van der Waals surface area contributed by atoms with Crippen molar-refractivity contribution in [1.82, 2.24) is 9.55 Å². The highest BCUT2D eigenvalue weighted by Gasteiger charge is 2.38. The van der Waals surface area contributed by atoms with Gasteiger partial charge in [-0.05, 0) is 12.8 Å². The molecule has 0 unspecified atom stereocenters. The Kier molecular flexibility index (Phi) is 7.50. The molecule has 1 fully saturated rings. The van der Waals surface area contributed by atoms with E-state index >= 15 is 0 Å². The topological polar surface area (TPSA) is 137 Å². The minimum atomic E-state index is -0.777. The van der Waals surface area contributed by atoms with Crippen molar-refractivity contribution in [3.63, 3.8) is 0 Å². The average Bonchev–Trinajstić information content (AvgIpc) is 3.01. The van der Waals surface area contributed by atoms with Crippen LogP contribution >= 0.6 is 0 Å². The van der Waals surface area contributed by atoms with Crippen molar-refractivity contribution in [3.05, 3.63) is 45.9 Å². The molecule has 0 radical (unpaired) electrons. The summed E-state index contributed by atoms with van der Waals surface area (Å²) < 4.78 is 16.6. The predicted octanol–water partition coefficient (Wildman–Crippen LogP) is -0.0247. The number of carbonyl (C=O) groups excluding carboxylic acids is 2. The number of unbranched alkanes of at least 4 members (excludes halogenated alkanes) is 1. The fourth-order valence-electron chi connectivity index (χ4n) is 2.73. The Morgan fingerprint density at radius 3 is 2.67 bits per heavy atom. The number of aliphatic hydroxyl groups is 1. The zero-order chi connectivity index (χ0) is 19.8. The second-order valence-corrected chi connectivity index (χ2v) is 5.96. The van der Waals surface area contributed by atoms with Gasteiger partial charge in [-0.3, -0.25) is 23.9 Å². The number of aromatic amines is 1. The van der Waals surface area contributed by atoms with E-state index in [9.17, 15) is 24.3 Å². The van der Waals surface area contributed by atoms with Gasteiger partial charge in [0.05, 0.1) is 12.9 Å². The van der Waals surface area contributed by atoms with Crippen molar-refractivity contribution in [3.8, 4) is 0 Å². The van der Waals surface area contributed by atoms with Crippen LogP contribution in [0.1, 0.15) is 38.3 Å². The van der Waals surface area contributed by atoms with Gasteiger partial charge in [-0.15, -0.1) is 0 Å². The lowest BCUT2D eigenvalue weighted by Gasteiger charge is -2.16. The van der Waals surface area contributed by atoms with E-state index in [2.05, 4.69) is 16.3 Å². The van der Waals surface area contributed by atoms with Crippen molar-refractivity contribution in [2.24, 2.45) is 0 Å². The lowest BCUT2D eigenvalue weighted by Crippen LogP contribution is -2.31. The van der Waals surface area contributed by atoms with Crippen LogP contribution in [0.5, 0.6) is 0 Å². The molecule has 3 atom stereocenters. The van der Waals surface area contributed by atoms with Gasteiger partial charge in [0.1, 0.15) is 18.4 Å². The lowest BCUT2D eigenvalue weighted by atomic mass is 10.1. The van der Waals surface area contributed by atoms with E-state index < -0.39 is 41.6 Å². The molecule has 0 amide bonds. The third-order valence-corrected chi connectivity index (χ3v) is 4.03. The van der Waals surface area contributed by atoms with Crippen LogP contribution in [0.15, 0.2) is 34.7 Å². The van der Waals surface area contributed by atoms with Crippen molar-refractivity contribution in [2.75, 3.05) is 6.61 Å². The monoisotopic (exact) mass is 382 g/mol. The van der Waals surface area contributed by atoms with Gasteiger partial charge in [-0.1, -0.05) is 6.58 Å². The van der Waals surface area contributed by atoms with Gasteiger partial charge in [-0.25, -0.2) is 4.79 Å². The number of esters is 2. The number of hydrogen-bond donors (Lipinski definition) is 2. The van der Waals surface area contributed by atoms with E-state index in [4.69, 9.17) is 9.47 Å². The first kappa shape index (κ1) is 20.6. The Labute approximate surface area is 154 Å². The molecule has 1 saturated heterocycles. The molecule has 10 heteroatoms. The standard InChI is InChI=1S/C17H22N2O8/c1-2-25-15(22)5-3-4-6-16(23)27-11-9-14(26-12(11)10-20)19-8-7-13(21)18-17(19)24/h2,7-8,11-12,14,20H,1,3-6,9-10H2,(H,18,21,24)/t11-,12+,14+/m0/s1. The number of nitrogens with one attached hydrogen (secondary N) is 1. The van der Waals surface area contributed by atoms with E-state index in [0.717, 1.165) is 6.26 Å². The number of H-pyrrole nitrogens is 1. The molecule has 2 N–H and O–H groups in total. The summed E-state index contributed by atoms with van der Waals surface area (Å²) in [5.74, 6) is -0.911. The van der Waals surface area contributed by atoms with Crippen LogP contribution < -0.4 is 11.2 Å². The number of nitrogens with zero attached hydrogens (tertiary/aromatic N) is 1. The largest absolute Gasteiger partial charge is 0.459 e. The van der Waals surface area contributed by atoms with Gasteiger partial charge >= 0.3 is 17.6 Å². The van der Waals surface area contributed by atoms with Crippen molar-refractivity contribution < 1.29 is 28.9 Å². The third-order valence-electron chi connectivity index (χ3n) is 4.03. The number of ether oxygens (including phenoxy) is 3. The summed E-state index contributed by atoms with van der Waals surface area (Å²) in [5.41, 5.74) is -1.18. The zero-order valence-corrected chi connectivity index (χ0v) is 14.7. The van der Waals surface area contributed by atoms with Gasteiger partial charge in [0.15, 0.2) is 0 Å². The van der Waals surface area contributed by atoms with E-state index in [1.165, 1.54) is 16.8 Å². The molecule has 27 heavy (non-hydrogen) atoms. The number of carbonyl (C=O) groups is 2. The first-order valence-corrected chi connectivity index (χ1v) is 8.52. The summed E-state index contributed by atoms with van der Waals surface area (Å²) in [5, 5.41) is 9.43. The van der Waals surface area contributed by atoms with Crippen LogP contribution in [-0.4, -0.2) is 45.4 Å². The molecule has 0 aromatic carbocycles. The molecule has 0 spiro atoms. The summed E-state index contributed by atoms with van der Waals surface area (Å²) in [6.45, 7) is 2.89. The number of hydrogen-bond acceptors (Lipinski definition) is 8. The van der Waals surface area contributed by atoms with E-state index in [1.54, 1.807) is 0 Å². The molecular formula is C17H22N2O8. The Hall–Kier alpha value is -2.72. The highest BCUT2D eigenvalue weighted by Crippen LogP contribution is 2.29. The average molecular weight is 382 g/mol. The fourth-order valence-corrected chi connectivity index (χ4v) is 2.73. The molecule has 0 bridgehead atoms. The molecule has 0 saturated carbocycles. The van der Waals surface area contributed by atoms with Crippen LogP contribution in [0.3, 0.4) is 0 Å². The molecule has 0 aliphatic carbocycles. The minimum Gasteiger partial charge on any atom is -0.459 e. The van der Waals surface area contributed by atoms with E-state index in [1.807, 2.05) is 0 Å². The quantitative estimate of drug-likeness (QED) is 0.345. The maximum atomic E-state index is 12.0. The molecule has 1 aromatic heterocycles. The van der Waals surface area contributed by atoms with Crippen molar-refractivity contribution in [1.29, 1.82) is 0 Å². The number of rotatable bonds is 9. The Morgan fingerprint density at radius 2 is 2.04 bits per heavy atom. The first-order valence-electron chi connectivity index (χ1n) is 8.52. The van der Waals surface area contributed by atoms with Gasteiger partial charge < -0.3 is 19.3 Å². The summed E-state index contributed by atoms with van der Waals surface area (Å²) >= 11 is 0. The zero-order valence-electron chi connectivity index (χ0n) is 14.7. The molecule has 2 heterocycles. The molecule has 1 aliphatic rings. The second-order valence-electron chi connectivity index (χ2n) is 5.96. The van der Waals surface area contributed by atoms with Crippen LogP contribution in [0, 0.1) is 0 Å². The summed E-state index contributed by atoms with van der Waals surface area (Å²) in [4.78, 5) is 48.2. The highest BCUT2D eigenvalue weighted by atomic mass is 16.6. The third kappa shape index (κ3) is 5.90.